The van der Waals surface area contributed by atoms with Gasteiger partial charge in [-0.1, -0.05) is 37.3 Å². The maximum Gasteiger partial charge on any atom is 0.437 e. The Hall–Kier alpha value is -3.83. The van der Waals surface area contributed by atoms with Crippen LogP contribution in [0.25, 0.3) is 5.65 Å². The van der Waals surface area contributed by atoms with Gasteiger partial charge in [0.2, 0.25) is 0 Å². The Bertz CT molecular complexity index is 1710. The summed E-state index contributed by atoms with van der Waals surface area (Å²) in [6.45, 7) is 13.8. The largest absolute Gasteiger partial charge is 0.442 e. The lowest BCUT2D eigenvalue weighted by atomic mass is 9.58. The van der Waals surface area contributed by atoms with Crippen molar-refractivity contribution >= 4 is 17.4 Å². The minimum atomic E-state index is -0.911. The van der Waals surface area contributed by atoms with Crippen LogP contribution in [0.3, 0.4) is 0 Å². The fourth-order valence-electron chi connectivity index (χ4n) is 7.10. The monoisotopic (exact) mass is 570 g/mol. The molecule has 0 spiro atoms. The summed E-state index contributed by atoms with van der Waals surface area (Å²) >= 11 is 0. The van der Waals surface area contributed by atoms with Crippen molar-refractivity contribution in [2.24, 2.45) is 5.73 Å². The highest BCUT2D eigenvalue weighted by molar-refractivity contribution is 5.71. The maximum absolute atomic E-state index is 13.1. The number of hydrogen-bond donors (Lipinski definition) is 1. The molecule has 3 unspecified atom stereocenters. The number of rotatable bonds is 4. The van der Waals surface area contributed by atoms with Gasteiger partial charge in [-0.05, 0) is 58.2 Å². The number of nitrogens with zero attached hydrogens (tertiary/aromatic N) is 7. The lowest BCUT2D eigenvalue weighted by Gasteiger charge is -2.48. The molecule has 220 valence electrons. The molecular formula is C31H38N8O3. The van der Waals surface area contributed by atoms with E-state index in [4.69, 9.17) is 25.3 Å². The average molecular weight is 571 g/mol. The maximum atomic E-state index is 13.1. The average Bonchev–Trinajstić information content (AvgIpc) is 3.72. The van der Waals surface area contributed by atoms with E-state index in [1.54, 1.807) is 6.92 Å². The second-order valence-corrected chi connectivity index (χ2v) is 13.6. The Balaban J connectivity index is 1.23. The molecule has 11 nitrogen and oxygen atoms in total. The van der Waals surface area contributed by atoms with Crippen LogP contribution in [0.4, 0.5) is 10.5 Å². The molecule has 3 aliphatic heterocycles. The van der Waals surface area contributed by atoms with Crippen LogP contribution in [-0.2, 0) is 20.5 Å². The lowest BCUT2D eigenvalue weighted by Crippen LogP contribution is -2.62. The highest BCUT2D eigenvalue weighted by Gasteiger charge is 2.73. The van der Waals surface area contributed by atoms with Gasteiger partial charge in [0.05, 0.1) is 29.9 Å². The Morgan fingerprint density at radius 2 is 1.90 bits per heavy atom. The minimum Gasteiger partial charge on any atom is -0.442 e. The molecule has 1 saturated carbocycles. The third-order valence-corrected chi connectivity index (χ3v) is 9.08. The molecule has 4 aliphatic rings. The molecule has 1 aliphatic carbocycles. The second kappa shape index (κ2) is 8.84. The quantitative estimate of drug-likeness (QED) is 0.387. The fraction of sp³-hybridized carbons (Fsp3) is 0.516. The van der Waals surface area contributed by atoms with Crippen molar-refractivity contribution in [3.8, 4) is 0 Å². The van der Waals surface area contributed by atoms with Crippen LogP contribution in [0.15, 0.2) is 42.6 Å². The Morgan fingerprint density at radius 1 is 1.14 bits per heavy atom. The summed E-state index contributed by atoms with van der Waals surface area (Å²) in [6, 6.07) is 12.9. The van der Waals surface area contributed by atoms with E-state index in [0.717, 1.165) is 36.4 Å². The zero-order valence-corrected chi connectivity index (χ0v) is 25.1. The first kappa shape index (κ1) is 27.0. The van der Waals surface area contributed by atoms with Crippen molar-refractivity contribution in [2.75, 3.05) is 24.6 Å². The third kappa shape index (κ3) is 4.04. The first-order chi connectivity index (χ1) is 19.8. The summed E-state index contributed by atoms with van der Waals surface area (Å²) in [6.07, 6.45) is 3.05. The number of hydrogen-bond acceptors (Lipinski definition) is 9. The molecule has 8 rings (SSSR count). The van der Waals surface area contributed by atoms with Gasteiger partial charge in [0.1, 0.15) is 22.9 Å². The standard InChI is InChI=1S/C31H38N8O3/c1-19-14-22(37-13-12-29(6,17-37)21-10-8-7-9-11-21)15-38-24(19)34-26(36-38)31-16-30(32,18-41-31)23(31)25-33-20(2)35-39(25)27(40)42-28(3,4)5/h7-11,14-15,23H,12-13,16-18,32H2,1-6H3/t23?,29-,30?,31?/m0/s1. The van der Waals surface area contributed by atoms with Crippen LogP contribution < -0.4 is 10.6 Å². The predicted molar refractivity (Wildman–Crippen MR) is 157 cm³/mol. The van der Waals surface area contributed by atoms with Gasteiger partial charge < -0.3 is 20.1 Å². The van der Waals surface area contributed by atoms with Crippen molar-refractivity contribution in [3.05, 3.63) is 71.2 Å². The van der Waals surface area contributed by atoms with Crippen molar-refractivity contribution < 1.29 is 14.3 Å². The van der Waals surface area contributed by atoms with Crippen LogP contribution in [0.2, 0.25) is 0 Å². The second-order valence-electron chi connectivity index (χ2n) is 13.6. The van der Waals surface area contributed by atoms with Crippen LogP contribution in [0.1, 0.15) is 75.1 Å². The Morgan fingerprint density at radius 3 is 2.62 bits per heavy atom. The van der Waals surface area contributed by atoms with E-state index in [1.807, 2.05) is 25.3 Å². The summed E-state index contributed by atoms with van der Waals surface area (Å²) in [5.74, 6) is 0.957. The number of ether oxygens (including phenoxy) is 2. The van der Waals surface area contributed by atoms with E-state index in [9.17, 15) is 4.79 Å². The van der Waals surface area contributed by atoms with E-state index in [0.29, 0.717) is 30.5 Å². The number of fused-ring (bicyclic) bond motifs is 2. The lowest BCUT2D eigenvalue weighted by molar-refractivity contribution is -0.0408. The van der Waals surface area contributed by atoms with Gasteiger partial charge in [0.25, 0.3) is 0 Å². The zero-order valence-electron chi connectivity index (χ0n) is 25.1. The van der Waals surface area contributed by atoms with E-state index in [-0.39, 0.29) is 5.41 Å². The van der Waals surface area contributed by atoms with Crippen molar-refractivity contribution in [3.63, 3.8) is 0 Å². The molecule has 0 amide bonds. The number of carbonyl (C=O) groups excluding carboxylic acids is 1. The Labute approximate surface area is 245 Å². The topological polar surface area (TPSA) is 126 Å². The number of anilines is 1. The molecule has 6 heterocycles. The van der Waals surface area contributed by atoms with Gasteiger partial charge in [-0.25, -0.2) is 19.3 Å². The Kier molecular flexibility index (Phi) is 5.69. The molecule has 0 radical (unpaired) electrons. The first-order valence-corrected chi connectivity index (χ1v) is 14.6. The molecular weight excluding hydrogens is 532 g/mol. The van der Waals surface area contributed by atoms with Gasteiger partial charge >= 0.3 is 6.09 Å². The van der Waals surface area contributed by atoms with Crippen LogP contribution >= 0.6 is 0 Å². The molecule has 4 atom stereocenters. The molecule has 4 fully saturated rings. The van der Waals surface area contributed by atoms with Gasteiger partial charge in [-0.2, -0.15) is 0 Å². The molecule has 3 saturated heterocycles. The van der Waals surface area contributed by atoms with E-state index in [1.165, 1.54) is 10.2 Å². The van der Waals surface area contributed by atoms with Crippen LogP contribution in [0, 0.1) is 13.8 Å². The van der Waals surface area contributed by atoms with Gasteiger partial charge in [-0.3, -0.25) is 0 Å². The molecule has 1 aromatic carbocycles. The van der Waals surface area contributed by atoms with Crippen molar-refractivity contribution in [1.82, 2.24) is 29.4 Å². The first-order valence-electron chi connectivity index (χ1n) is 14.6. The normalized spacial score (nSPS) is 28.8. The number of carbonyl (C=O) groups is 1. The number of pyridine rings is 1. The van der Waals surface area contributed by atoms with Crippen LogP contribution in [0.5, 0.6) is 0 Å². The highest BCUT2D eigenvalue weighted by atomic mass is 16.6. The molecule has 3 aromatic heterocycles. The van der Waals surface area contributed by atoms with Crippen LogP contribution in [-0.4, -0.2) is 66.3 Å². The summed E-state index contributed by atoms with van der Waals surface area (Å²) in [4.78, 5) is 25.2. The van der Waals surface area contributed by atoms with E-state index in [2.05, 4.69) is 71.4 Å². The predicted octanol–water partition coefficient (Wildman–Crippen LogP) is 4.00. The summed E-state index contributed by atoms with van der Waals surface area (Å²) in [7, 11) is 0. The summed E-state index contributed by atoms with van der Waals surface area (Å²) in [5, 5.41) is 9.33. The zero-order chi connectivity index (χ0) is 29.7. The van der Waals surface area contributed by atoms with Gasteiger partial charge in [-0.15, -0.1) is 14.9 Å². The van der Waals surface area contributed by atoms with Crippen molar-refractivity contribution in [2.45, 2.75) is 82.5 Å². The minimum absolute atomic E-state index is 0.0835. The van der Waals surface area contributed by atoms with E-state index < -0.39 is 28.8 Å². The van der Waals surface area contributed by atoms with Crippen molar-refractivity contribution in [1.29, 1.82) is 0 Å². The summed E-state index contributed by atoms with van der Waals surface area (Å²) in [5.41, 5.74) is 8.86. The number of nitrogens with two attached hydrogens (primary N) is 1. The summed E-state index contributed by atoms with van der Waals surface area (Å²) < 4.78 is 15.1. The SMILES string of the molecule is Cc1nc(C2C3(N)COC2(c2nc4c(C)cc(N5CC[C@](C)(c6ccccc6)C5)cn4n2)C3)n(C(=O)OC(C)(C)C)n1. The molecule has 42 heavy (non-hydrogen) atoms. The fourth-order valence-corrected chi connectivity index (χ4v) is 7.10. The smallest absolute Gasteiger partial charge is 0.437 e. The molecule has 2 N–H and O–H groups in total. The van der Waals surface area contributed by atoms with E-state index >= 15 is 0 Å². The molecule has 2 bridgehead atoms. The number of aromatic nitrogens is 6. The highest BCUT2D eigenvalue weighted by Crippen LogP contribution is 2.64. The van der Waals surface area contributed by atoms with Gasteiger partial charge in [0, 0.05) is 24.9 Å². The third-order valence-electron chi connectivity index (χ3n) is 9.08. The number of aryl methyl sites for hydroxylation is 2. The number of benzene rings is 1. The molecule has 4 aromatic rings. The van der Waals surface area contributed by atoms with Gasteiger partial charge in [0.15, 0.2) is 11.5 Å². The molecule has 11 heteroatoms.